The number of carbonyl (C=O) groups is 2. The number of hydrogen-bond acceptors (Lipinski definition) is 5. The average molecular weight is 410 g/mol. The Hall–Kier alpha value is -2.13. The molecule has 0 spiro atoms. The van der Waals surface area contributed by atoms with Gasteiger partial charge in [0, 0.05) is 56.4 Å². The van der Waals surface area contributed by atoms with Gasteiger partial charge >= 0.3 is 0 Å². The molecule has 1 unspecified atom stereocenters. The van der Waals surface area contributed by atoms with E-state index in [1.807, 2.05) is 0 Å². The molecule has 0 aromatic heterocycles. The summed E-state index contributed by atoms with van der Waals surface area (Å²) in [5.74, 6) is -3.84. The minimum atomic E-state index is -1.11. The standard InChI is InChI=1S/C20H25F3N4O2/c21-14-9-12(10-15(22)19(14)13-1-2-18(28)25-20(13)29)27-6-3-17(16(23)11-27)26-7-4-24-5-8-26/h9-10,13,16-17,24H,1-8,11H2,(H,25,28,29)/t13?,16-,17-/m0/s1. The Kier molecular flexibility index (Phi) is 5.78. The lowest BCUT2D eigenvalue weighted by Crippen LogP contribution is -2.57. The number of hydrogen-bond donors (Lipinski definition) is 2. The van der Waals surface area contributed by atoms with Gasteiger partial charge in [-0.1, -0.05) is 0 Å². The molecular weight excluding hydrogens is 385 g/mol. The number of imide groups is 1. The SMILES string of the molecule is O=C1CCC(c2c(F)cc(N3CC[C@H](N4CCNCC4)[C@@H](F)C3)cc2F)C(=O)N1. The first-order valence-corrected chi connectivity index (χ1v) is 10.1. The first kappa shape index (κ1) is 20.2. The first-order chi connectivity index (χ1) is 13.9. The molecule has 158 valence electrons. The lowest BCUT2D eigenvalue weighted by atomic mass is 9.89. The molecule has 6 nitrogen and oxygen atoms in total. The summed E-state index contributed by atoms with van der Waals surface area (Å²) in [4.78, 5) is 27.1. The second kappa shape index (κ2) is 8.31. The highest BCUT2D eigenvalue weighted by atomic mass is 19.1. The minimum absolute atomic E-state index is 0.0418. The van der Waals surface area contributed by atoms with Gasteiger partial charge in [0.15, 0.2) is 0 Å². The van der Waals surface area contributed by atoms with E-state index in [1.165, 1.54) is 12.1 Å². The van der Waals surface area contributed by atoms with Crippen molar-refractivity contribution in [1.82, 2.24) is 15.5 Å². The normalized spacial score (nSPS) is 29.1. The smallest absolute Gasteiger partial charge is 0.234 e. The van der Waals surface area contributed by atoms with Crippen LogP contribution in [0.3, 0.4) is 0 Å². The van der Waals surface area contributed by atoms with Crippen molar-refractivity contribution in [2.24, 2.45) is 0 Å². The number of piperidine rings is 2. The van der Waals surface area contributed by atoms with Gasteiger partial charge in [-0.3, -0.25) is 19.8 Å². The van der Waals surface area contributed by atoms with Gasteiger partial charge in [-0.25, -0.2) is 13.2 Å². The number of benzene rings is 1. The summed E-state index contributed by atoms with van der Waals surface area (Å²) in [6, 6.07) is 2.16. The van der Waals surface area contributed by atoms with Gasteiger partial charge in [0.25, 0.3) is 0 Å². The summed E-state index contributed by atoms with van der Waals surface area (Å²) in [6.45, 7) is 3.86. The maximum Gasteiger partial charge on any atom is 0.234 e. The summed E-state index contributed by atoms with van der Waals surface area (Å²) in [5.41, 5.74) is -0.0521. The number of carbonyl (C=O) groups excluding carboxylic acids is 2. The fourth-order valence-corrected chi connectivity index (χ4v) is 4.61. The molecule has 0 radical (unpaired) electrons. The summed E-state index contributed by atoms with van der Waals surface area (Å²) >= 11 is 0. The van der Waals surface area contributed by atoms with Crippen LogP contribution in [0.5, 0.6) is 0 Å². The fraction of sp³-hybridized carbons (Fsp3) is 0.600. The Balaban J connectivity index is 1.48. The van der Waals surface area contributed by atoms with E-state index in [9.17, 15) is 22.8 Å². The number of halogens is 3. The highest BCUT2D eigenvalue weighted by molar-refractivity contribution is 6.01. The third-order valence-corrected chi connectivity index (χ3v) is 6.14. The Bertz CT molecular complexity index is 777. The van der Waals surface area contributed by atoms with Crippen LogP contribution in [0.4, 0.5) is 18.9 Å². The number of rotatable bonds is 3. The molecular formula is C20H25F3N4O2. The van der Waals surface area contributed by atoms with E-state index in [0.29, 0.717) is 13.0 Å². The van der Waals surface area contributed by atoms with E-state index >= 15 is 0 Å². The van der Waals surface area contributed by atoms with Crippen molar-refractivity contribution in [2.45, 2.75) is 37.4 Å². The first-order valence-electron chi connectivity index (χ1n) is 10.1. The third-order valence-electron chi connectivity index (χ3n) is 6.14. The molecule has 0 saturated carbocycles. The van der Waals surface area contributed by atoms with Crippen molar-refractivity contribution in [3.05, 3.63) is 29.3 Å². The van der Waals surface area contributed by atoms with E-state index in [-0.39, 0.29) is 36.7 Å². The van der Waals surface area contributed by atoms with Crippen molar-refractivity contribution in [1.29, 1.82) is 0 Å². The lowest BCUT2D eigenvalue weighted by Gasteiger charge is -2.43. The molecule has 29 heavy (non-hydrogen) atoms. The molecule has 3 aliphatic rings. The molecule has 3 fully saturated rings. The van der Waals surface area contributed by atoms with Crippen molar-refractivity contribution < 1.29 is 22.8 Å². The van der Waals surface area contributed by atoms with E-state index in [2.05, 4.69) is 15.5 Å². The third kappa shape index (κ3) is 4.11. The second-order valence-electron chi connectivity index (χ2n) is 7.93. The van der Waals surface area contributed by atoms with Gasteiger partial charge < -0.3 is 10.2 Å². The van der Waals surface area contributed by atoms with Crippen LogP contribution < -0.4 is 15.5 Å². The van der Waals surface area contributed by atoms with Crippen LogP contribution in [-0.4, -0.2) is 68.2 Å². The highest BCUT2D eigenvalue weighted by Crippen LogP contribution is 2.33. The Morgan fingerprint density at radius 2 is 1.69 bits per heavy atom. The number of amides is 2. The fourth-order valence-electron chi connectivity index (χ4n) is 4.61. The number of alkyl halides is 1. The Morgan fingerprint density at radius 1 is 1.00 bits per heavy atom. The van der Waals surface area contributed by atoms with Crippen LogP contribution in [0.1, 0.15) is 30.7 Å². The van der Waals surface area contributed by atoms with Crippen LogP contribution in [0.15, 0.2) is 12.1 Å². The van der Waals surface area contributed by atoms with Crippen molar-refractivity contribution in [3.8, 4) is 0 Å². The zero-order valence-electron chi connectivity index (χ0n) is 16.1. The zero-order valence-corrected chi connectivity index (χ0v) is 16.1. The van der Waals surface area contributed by atoms with Crippen LogP contribution in [0.2, 0.25) is 0 Å². The Morgan fingerprint density at radius 3 is 2.31 bits per heavy atom. The molecule has 0 aliphatic carbocycles. The van der Waals surface area contributed by atoms with Crippen LogP contribution in [0, 0.1) is 11.6 Å². The van der Waals surface area contributed by atoms with E-state index < -0.39 is 35.5 Å². The number of piperazine rings is 1. The van der Waals surface area contributed by atoms with Crippen molar-refractivity contribution >= 4 is 17.5 Å². The van der Waals surface area contributed by atoms with Gasteiger partial charge in [-0.2, -0.15) is 0 Å². The van der Waals surface area contributed by atoms with Gasteiger partial charge in [0.1, 0.15) is 17.8 Å². The maximum absolute atomic E-state index is 14.9. The molecule has 4 rings (SSSR count). The summed E-state index contributed by atoms with van der Waals surface area (Å²) in [6.07, 6.45) is -0.414. The molecule has 3 saturated heterocycles. The van der Waals surface area contributed by atoms with E-state index in [1.54, 1.807) is 4.90 Å². The molecule has 3 atom stereocenters. The monoisotopic (exact) mass is 410 g/mol. The van der Waals surface area contributed by atoms with Crippen molar-refractivity contribution in [2.75, 3.05) is 44.2 Å². The zero-order chi connectivity index (χ0) is 20.5. The molecule has 3 heterocycles. The molecule has 1 aromatic rings. The average Bonchev–Trinajstić information content (AvgIpc) is 2.69. The van der Waals surface area contributed by atoms with Crippen LogP contribution in [-0.2, 0) is 9.59 Å². The molecule has 2 N–H and O–H groups in total. The predicted molar refractivity (Wildman–Crippen MR) is 101 cm³/mol. The molecule has 0 bridgehead atoms. The largest absolute Gasteiger partial charge is 0.368 e. The van der Waals surface area contributed by atoms with Gasteiger partial charge in [-0.05, 0) is 25.0 Å². The van der Waals surface area contributed by atoms with E-state index in [0.717, 1.165) is 26.2 Å². The summed E-state index contributed by atoms with van der Waals surface area (Å²) in [7, 11) is 0. The van der Waals surface area contributed by atoms with Gasteiger partial charge in [0.2, 0.25) is 11.8 Å². The van der Waals surface area contributed by atoms with E-state index in [4.69, 9.17) is 0 Å². The molecule has 9 heteroatoms. The molecule has 3 aliphatic heterocycles. The predicted octanol–water partition coefficient (Wildman–Crippen LogP) is 1.31. The molecule has 1 aromatic carbocycles. The topological polar surface area (TPSA) is 64.7 Å². The minimum Gasteiger partial charge on any atom is -0.368 e. The van der Waals surface area contributed by atoms with Gasteiger partial charge in [0.05, 0.1) is 12.5 Å². The summed E-state index contributed by atoms with van der Waals surface area (Å²) in [5, 5.41) is 5.37. The highest BCUT2D eigenvalue weighted by Gasteiger charge is 2.36. The van der Waals surface area contributed by atoms with Gasteiger partial charge in [-0.15, -0.1) is 0 Å². The quantitative estimate of drug-likeness (QED) is 0.736. The lowest BCUT2D eigenvalue weighted by molar-refractivity contribution is -0.134. The number of nitrogens with one attached hydrogen (secondary N) is 2. The van der Waals surface area contributed by atoms with Crippen LogP contribution in [0.25, 0.3) is 0 Å². The van der Waals surface area contributed by atoms with Crippen LogP contribution >= 0.6 is 0 Å². The molecule has 2 amide bonds. The second-order valence-corrected chi connectivity index (χ2v) is 7.93. The Labute approximate surface area is 167 Å². The number of anilines is 1. The van der Waals surface area contributed by atoms with Crippen molar-refractivity contribution in [3.63, 3.8) is 0 Å². The number of nitrogens with zero attached hydrogens (tertiary/aromatic N) is 2. The summed E-state index contributed by atoms with van der Waals surface area (Å²) < 4.78 is 44.3. The maximum atomic E-state index is 14.9.